The highest BCUT2D eigenvalue weighted by molar-refractivity contribution is 6.05. The van der Waals surface area contributed by atoms with E-state index in [0.29, 0.717) is 25.0 Å². The topological polar surface area (TPSA) is 63.7 Å². The first-order valence-corrected chi connectivity index (χ1v) is 8.39. The third-order valence-electron chi connectivity index (χ3n) is 4.56. The van der Waals surface area contributed by atoms with Crippen LogP contribution in [-0.4, -0.2) is 29.2 Å². The second-order valence-corrected chi connectivity index (χ2v) is 6.12. The van der Waals surface area contributed by atoms with Crippen LogP contribution in [0.25, 0.3) is 0 Å². The van der Waals surface area contributed by atoms with Crippen LogP contribution in [0.4, 0.5) is 0 Å². The number of ether oxygens (including phenoxy) is 1. The molecule has 0 radical (unpaired) electrons. The fourth-order valence-electron chi connectivity index (χ4n) is 3.39. The van der Waals surface area contributed by atoms with Gasteiger partial charge in [-0.3, -0.25) is 14.4 Å². The van der Waals surface area contributed by atoms with Gasteiger partial charge < -0.3 is 9.64 Å². The van der Waals surface area contributed by atoms with Crippen LogP contribution in [0.3, 0.4) is 0 Å². The van der Waals surface area contributed by atoms with Crippen LogP contribution in [0.2, 0.25) is 0 Å². The zero-order valence-electron chi connectivity index (χ0n) is 13.8. The first-order chi connectivity index (χ1) is 11.6. The predicted octanol–water partition coefficient (Wildman–Crippen LogP) is 2.61. The number of allylic oxidation sites excluding steroid dienone is 2. The van der Waals surface area contributed by atoms with E-state index in [9.17, 15) is 14.4 Å². The van der Waals surface area contributed by atoms with E-state index in [1.807, 2.05) is 30.3 Å². The number of carbonyl (C=O) groups excluding carboxylic acids is 3. The number of rotatable bonds is 4. The molecule has 0 saturated carbocycles. The van der Waals surface area contributed by atoms with Crippen molar-refractivity contribution in [3.63, 3.8) is 0 Å². The molecular formula is C19H21NO4. The maximum Gasteiger partial charge on any atom is 0.318 e. The molecule has 5 nitrogen and oxygen atoms in total. The molecular weight excluding hydrogens is 306 g/mol. The quantitative estimate of drug-likeness (QED) is 0.630. The van der Waals surface area contributed by atoms with Gasteiger partial charge in [-0.2, -0.15) is 0 Å². The Hall–Kier alpha value is -2.43. The molecule has 5 heteroatoms. The van der Waals surface area contributed by atoms with Crippen LogP contribution in [0.5, 0.6) is 0 Å². The van der Waals surface area contributed by atoms with Gasteiger partial charge in [0.05, 0.1) is 13.2 Å². The molecule has 1 atom stereocenters. The molecule has 1 heterocycles. The van der Waals surface area contributed by atoms with E-state index in [-0.39, 0.29) is 24.7 Å². The molecule has 1 aliphatic carbocycles. The Morgan fingerprint density at radius 1 is 1.21 bits per heavy atom. The predicted molar refractivity (Wildman–Crippen MR) is 87.6 cm³/mol. The van der Waals surface area contributed by atoms with Gasteiger partial charge in [0.15, 0.2) is 5.78 Å². The lowest BCUT2D eigenvalue weighted by molar-refractivity contribution is -0.156. The summed E-state index contributed by atoms with van der Waals surface area (Å²) in [6.45, 7) is 2.31. The van der Waals surface area contributed by atoms with E-state index in [1.165, 1.54) is 0 Å². The van der Waals surface area contributed by atoms with Crippen molar-refractivity contribution in [2.45, 2.75) is 39.2 Å². The van der Waals surface area contributed by atoms with E-state index in [4.69, 9.17) is 4.74 Å². The van der Waals surface area contributed by atoms with Crippen LogP contribution in [0, 0.1) is 5.92 Å². The van der Waals surface area contributed by atoms with E-state index < -0.39 is 11.9 Å². The minimum Gasteiger partial charge on any atom is -0.465 e. The molecule has 0 aromatic heterocycles. The molecule has 24 heavy (non-hydrogen) atoms. The normalized spacial score (nSPS) is 20.9. The van der Waals surface area contributed by atoms with Gasteiger partial charge in [0, 0.05) is 17.7 Å². The average molecular weight is 327 g/mol. The first-order valence-electron chi connectivity index (χ1n) is 8.39. The Morgan fingerprint density at radius 3 is 2.67 bits per heavy atom. The van der Waals surface area contributed by atoms with Crippen molar-refractivity contribution in [3.05, 3.63) is 47.2 Å². The van der Waals surface area contributed by atoms with E-state index >= 15 is 0 Å². The van der Waals surface area contributed by atoms with Crippen LogP contribution in [0.1, 0.15) is 38.2 Å². The van der Waals surface area contributed by atoms with Crippen molar-refractivity contribution >= 4 is 17.7 Å². The van der Waals surface area contributed by atoms with Gasteiger partial charge in [-0.25, -0.2) is 0 Å². The molecule has 3 rings (SSSR count). The number of ketones is 1. The fourth-order valence-corrected chi connectivity index (χ4v) is 3.39. The molecule has 0 spiro atoms. The molecule has 2 aliphatic rings. The summed E-state index contributed by atoms with van der Waals surface area (Å²) in [6.07, 6.45) is 2.12. The Balaban J connectivity index is 1.96. The van der Waals surface area contributed by atoms with Gasteiger partial charge in [-0.05, 0) is 31.7 Å². The zero-order chi connectivity index (χ0) is 17.1. The highest BCUT2D eigenvalue weighted by atomic mass is 16.5. The Morgan fingerprint density at radius 2 is 1.96 bits per heavy atom. The molecule has 1 aliphatic heterocycles. The Bertz CT molecular complexity index is 693. The summed E-state index contributed by atoms with van der Waals surface area (Å²) < 4.78 is 5.04. The molecule has 126 valence electrons. The molecule has 1 unspecified atom stereocenters. The average Bonchev–Trinajstić information content (AvgIpc) is 2.58. The summed E-state index contributed by atoms with van der Waals surface area (Å²) in [7, 11) is 0. The highest BCUT2D eigenvalue weighted by Crippen LogP contribution is 2.36. The fraction of sp³-hybridized carbons (Fsp3) is 0.421. The number of nitrogens with zero attached hydrogens (tertiary/aromatic N) is 1. The molecule has 1 aromatic carbocycles. The Kier molecular flexibility index (Phi) is 4.79. The van der Waals surface area contributed by atoms with Crippen molar-refractivity contribution < 1.29 is 19.1 Å². The second-order valence-electron chi connectivity index (χ2n) is 6.12. The lowest BCUT2D eigenvalue weighted by Crippen LogP contribution is -2.45. The van der Waals surface area contributed by atoms with Crippen LogP contribution < -0.4 is 0 Å². The summed E-state index contributed by atoms with van der Waals surface area (Å²) in [6, 6.07) is 9.61. The maximum atomic E-state index is 12.9. The molecule has 0 N–H and O–H groups in total. The number of benzene rings is 1. The number of esters is 1. The number of Topliss-reactive ketones (excluding diaryl/α,β-unsaturated/α-hetero) is 1. The highest BCUT2D eigenvalue weighted by Gasteiger charge is 2.42. The summed E-state index contributed by atoms with van der Waals surface area (Å²) in [4.78, 5) is 39.0. The van der Waals surface area contributed by atoms with Crippen molar-refractivity contribution in [1.29, 1.82) is 0 Å². The SMILES string of the molecule is CCOC(=O)C1CC2=C(CCCC2=O)N(Cc2ccccc2)C1=O. The van der Waals surface area contributed by atoms with E-state index in [0.717, 1.165) is 17.7 Å². The summed E-state index contributed by atoms with van der Waals surface area (Å²) >= 11 is 0. The largest absolute Gasteiger partial charge is 0.465 e. The van der Waals surface area contributed by atoms with Gasteiger partial charge in [0.2, 0.25) is 5.91 Å². The number of amides is 1. The van der Waals surface area contributed by atoms with E-state index in [2.05, 4.69) is 0 Å². The van der Waals surface area contributed by atoms with Crippen LogP contribution in [-0.2, 0) is 25.7 Å². The smallest absolute Gasteiger partial charge is 0.318 e. The summed E-state index contributed by atoms with van der Waals surface area (Å²) in [5, 5.41) is 0. The van der Waals surface area contributed by atoms with Crippen LogP contribution in [0.15, 0.2) is 41.6 Å². The van der Waals surface area contributed by atoms with Gasteiger partial charge in [0.25, 0.3) is 0 Å². The number of hydrogen-bond donors (Lipinski definition) is 0. The third-order valence-corrected chi connectivity index (χ3v) is 4.56. The van der Waals surface area contributed by atoms with E-state index in [1.54, 1.807) is 11.8 Å². The van der Waals surface area contributed by atoms with Gasteiger partial charge >= 0.3 is 5.97 Å². The Labute approximate surface area is 141 Å². The van der Waals surface area contributed by atoms with Crippen molar-refractivity contribution in [2.75, 3.05) is 6.61 Å². The molecule has 1 amide bonds. The molecule has 0 saturated heterocycles. The second kappa shape index (κ2) is 6.99. The standard InChI is InChI=1S/C19H21NO4/c1-2-24-19(23)15-11-14-16(9-6-10-17(14)21)20(18(15)22)12-13-7-4-3-5-8-13/h3-5,7-8,15H,2,6,9-12H2,1H3. The third kappa shape index (κ3) is 3.11. The van der Waals surface area contributed by atoms with Crippen molar-refractivity contribution in [2.24, 2.45) is 5.92 Å². The lowest BCUT2D eigenvalue weighted by atomic mass is 9.83. The van der Waals surface area contributed by atoms with Crippen molar-refractivity contribution in [1.82, 2.24) is 4.90 Å². The molecule has 0 bridgehead atoms. The van der Waals surface area contributed by atoms with Crippen molar-refractivity contribution in [3.8, 4) is 0 Å². The summed E-state index contributed by atoms with van der Waals surface area (Å²) in [5.74, 6) is -1.65. The lowest BCUT2D eigenvalue weighted by Gasteiger charge is -2.37. The minimum absolute atomic E-state index is 0.0520. The monoisotopic (exact) mass is 327 g/mol. The maximum absolute atomic E-state index is 12.9. The summed E-state index contributed by atoms with van der Waals surface area (Å²) in [5.41, 5.74) is 2.40. The first kappa shape index (κ1) is 16.4. The number of hydrogen-bond acceptors (Lipinski definition) is 4. The number of carbonyl (C=O) groups is 3. The van der Waals surface area contributed by atoms with Gasteiger partial charge in [0.1, 0.15) is 5.92 Å². The van der Waals surface area contributed by atoms with Gasteiger partial charge in [-0.1, -0.05) is 30.3 Å². The van der Waals surface area contributed by atoms with Gasteiger partial charge in [-0.15, -0.1) is 0 Å². The zero-order valence-corrected chi connectivity index (χ0v) is 13.8. The minimum atomic E-state index is -0.908. The molecule has 0 fully saturated rings. The molecule has 1 aromatic rings. The van der Waals surface area contributed by atoms with Crippen LogP contribution >= 0.6 is 0 Å².